The van der Waals surface area contributed by atoms with Crippen LogP contribution in [0.1, 0.15) is 64.7 Å². The van der Waals surface area contributed by atoms with Crippen molar-refractivity contribution in [1.29, 1.82) is 0 Å². The molecule has 1 N–H and O–H groups in total. The Bertz CT molecular complexity index is 291. The molecule has 17 heavy (non-hydrogen) atoms. The molecule has 96 valence electrons. The van der Waals surface area contributed by atoms with Crippen LogP contribution in [0.5, 0.6) is 0 Å². The number of rotatable bonds is 3. The normalized spacial score (nSPS) is 51.5. The fraction of sp³-hybridized carbons (Fsp3) is 1.00. The van der Waals surface area contributed by atoms with E-state index in [2.05, 4.69) is 0 Å². The van der Waals surface area contributed by atoms with E-state index in [0.29, 0.717) is 10.8 Å². The number of aliphatic hydroxyl groups is 1. The van der Waals surface area contributed by atoms with Gasteiger partial charge in [0.1, 0.15) is 0 Å². The number of aliphatic hydroxyl groups excluding tert-OH is 1. The van der Waals surface area contributed by atoms with Crippen LogP contribution in [0.2, 0.25) is 0 Å². The lowest BCUT2D eigenvalue weighted by Gasteiger charge is -2.58. The Morgan fingerprint density at radius 1 is 1.00 bits per heavy atom. The van der Waals surface area contributed by atoms with Crippen LogP contribution >= 0.6 is 0 Å². The summed E-state index contributed by atoms with van der Waals surface area (Å²) in [6.07, 6.45) is 13.0. The van der Waals surface area contributed by atoms with Gasteiger partial charge in [-0.2, -0.15) is 0 Å². The van der Waals surface area contributed by atoms with Crippen molar-refractivity contribution < 1.29 is 5.11 Å². The van der Waals surface area contributed by atoms with E-state index in [1.807, 2.05) is 6.92 Å². The van der Waals surface area contributed by atoms with Crippen LogP contribution in [0, 0.1) is 28.6 Å². The smallest absolute Gasteiger partial charge is 0.0568 e. The molecule has 5 saturated carbocycles. The van der Waals surface area contributed by atoms with E-state index in [1.54, 1.807) is 19.3 Å². The number of hydrogen-bond donors (Lipinski definition) is 1. The van der Waals surface area contributed by atoms with Crippen molar-refractivity contribution in [3.8, 4) is 0 Å². The van der Waals surface area contributed by atoms with E-state index < -0.39 is 0 Å². The second kappa shape index (κ2) is 3.29. The molecule has 0 saturated heterocycles. The van der Waals surface area contributed by atoms with Crippen molar-refractivity contribution in [1.82, 2.24) is 0 Å². The summed E-state index contributed by atoms with van der Waals surface area (Å²) in [7, 11) is 0. The maximum atomic E-state index is 10.0. The molecule has 0 heterocycles. The minimum atomic E-state index is -0.0597. The summed E-state index contributed by atoms with van der Waals surface area (Å²) in [4.78, 5) is 0. The van der Waals surface area contributed by atoms with Crippen molar-refractivity contribution >= 4 is 0 Å². The first-order valence-corrected chi connectivity index (χ1v) is 7.77. The van der Waals surface area contributed by atoms with Crippen molar-refractivity contribution in [3.63, 3.8) is 0 Å². The predicted molar refractivity (Wildman–Crippen MR) is 68.6 cm³/mol. The van der Waals surface area contributed by atoms with Crippen LogP contribution in [0.15, 0.2) is 0 Å². The summed E-state index contributed by atoms with van der Waals surface area (Å²) in [6, 6.07) is 0. The first kappa shape index (κ1) is 10.8. The third-order valence-corrected chi connectivity index (χ3v) is 6.67. The predicted octanol–water partition coefficient (Wildman–Crippen LogP) is 3.75. The van der Waals surface area contributed by atoms with E-state index in [4.69, 9.17) is 0 Å². The molecule has 1 unspecified atom stereocenters. The highest BCUT2D eigenvalue weighted by Gasteiger charge is 2.57. The fourth-order valence-corrected chi connectivity index (χ4v) is 6.16. The molecule has 0 aliphatic heterocycles. The van der Waals surface area contributed by atoms with Gasteiger partial charge in [0.25, 0.3) is 0 Å². The zero-order chi connectivity index (χ0) is 11.7. The first-order chi connectivity index (χ1) is 8.09. The van der Waals surface area contributed by atoms with E-state index in [-0.39, 0.29) is 6.10 Å². The molecule has 4 bridgehead atoms. The minimum absolute atomic E-state index is 0.0597. The van der Waals surface area contributed by atoms with E-state index in [1.165, 1.54) is 38.5 Å². The Balaban J connectivity index is 1.57. The van der Waals surface area contributed by atoms with Gasteiger partial charge < -0.3 is 5.11 Å². The van der Waals surface area contributed by atoms with Crippen molar-refractivity contribution in [2.45, 2.75) is 70.8 Å². The Morgan fingerprint density at radius 3 is 1.82 bits per heavy atom. The average molecular weight is 234 g/mol. The molecule has 0 spiro atoms. The van der Waals surface area contributed by atoms with Gasteiger partial charge in [0.2, 0.25) is 0 Å². The summed E-state index contributed by atoms with van der Waals surface area (Å²) >= 11 is 0. The molecule has 0 aromatic heterocycles. The number of hydrogen-bond acceptors (Lipinski definition) is 1. The third kappa shape index (κ3) is 1.61. The molecule has 0 amide bonds. The lowest BCUT2D eigenvalue weighted by atomic mass is 9.47. The molecule has 0 aromatic carbocycles. The SMILES string of the molecule is CC(O)C1(CC23CC4CC(CC(C4)C2)C3)CC1. The summed E-state index contributed by atoms with van der Waals surface area (Å²) in [6.45, 7) is 2.04. The van der Waals surface area contributed by atoms with E-state index >= 15 is 0 Å². The van der Waals surface area contributed by atoms with Crippen LogP contribution in [-0.4, -0.2) is 11.2 Å². The largest absolute Gasteiger partial charge is 0.393 e. The molecule has 0 radical (unpaired) electrons. The van der Waals surface area contributed by atoms with Crippen molar-refractivity contribution in [2.75, 3.05) is 0 Å². The summed E-state index contributed by atoms with van der Waals surface area (Å²) in [5.41, 5.74) is 1.02. The van der Waals surface area contributed by atoms with Gasteiger partial charge in [0, 0.05) is 0 Å². The Hall–Kier alpha value is -0.0400. The highest BCUT2D eigenvalue weighted by atomic mass is 16.3. The second-order valence-electron chi connectivity index (χ2n) is 8.13. The minimum Gasteiger partial charge on any atom is -0.393 e. The van der Waals surface area contributed by atoms with Crippen LogP contribution in [-0.2, 0) is 0 Å². The lowest BCUT2D eigenvalue weighted by molar-refractivity contribution is -0.0784. The molecule has 5 aliphatic rings. The molecule has 0 aromatic rings. The monoisotopic (exact) mass is 234 g/mol. The zero-order valence-electron chi connectivity index (χ0n) is 11.1. The summed E-state index contributed by atoms with van der Waals surface area (Å²) < 4.78 is 0. The van der Waals surface area contributed by atoms with Crippen LogP contribution in [0.4, 0.5) is 0 Å². The van der Waals surface area contributed by atoms with E-state index in [0.717, 1.165) is 17.8 Å². The molecule has 5 fully saturated rings. The van der Waals surface area contributed by atoms with Gasteiger partial charge in [-0.15, -0.1) is 0 Å². The van der Waals surface area contributed by atoms with Gasteiger partial charge in [0.05, 0.1) is 6.10 Å². The topological polar surface area (TPSA) is 20.2 Å². The Kier molecular flexibility index (Phi) is 2.10. The van der Waals surface area contributed by atoms with Crippen LogP contribution in [0.3, 0.4) is 0 Å². The zero-order valence-corrected chi connectivity index (χ0v) is 11.1. The first-order valence-electron chi connectivity index (χ1n) is 7.77. The summed E-state index contributed by atoms with van der Waals surface area (Å²) in [5.74, 6) is 3.18. The quantitative estimate of drug-likeness (QED) is 0.788. The van der Waals surface area contributed by atoms with Gasteiger partial charge in [-0.05, 0) is 93.3 Å². The van der Waals surface area contributed by atoms with Gasteiger partial charge >= 0.3 is 0 Å². The van der Waals surface area contributed by atoms with Gasteiger partial charge in [-0.1, -0.05) is 0 Å². The lowest BCUT2D eigenvalue weighted by Crippen LogP contribution is -2.47. The molecule has 1 heteroatoms. The van der Waals surface area contributed by atoms with Gasteiger partial charge in [-0.3, -0.25) is 0 Å². The van der Waals surface area contributed by atoms with Crippen molar-refractivity contribution in [2.24, 2.45) is 28.6 Å². The average Bonchev–Trinajstić information content (AvgIpc) is 2.95. The summed E-state index contributed by atoms with van der Waals surface area (Å²) in [5, 5.41) is 10.0. The van der Waals surface area contributed by atoms with Gasteiger partial charge in [-0.25, -0.2) is 0 Å². The van der Waals surface area contributed by atoms with Crippen molar-refractivity contribution in [3.05, 3.63) is 0 Å². The van der Waals surface area contributed by atoms with Crippen LogP contribution < -0.4 is 0 Å². The Labute approximate surface area is 105 Å². The maximum Gasteiger partial charge on any atom is 0.0568 e. The molecule has 5 rings (SSSR count). The highest BCUT2D eigenvalue weighted by Crippen LogP contribution is 2.67. The fourth-order valence-electron chi connectivity index (χ4n) is 6.16. The maximum absolute atomic E-state index is 10.0. The standard InChI is InChI=1S/C16H26O/c1-11(17)16(2-3-16)10-15-7-12-4-13(8-15)6-14(5-12)9-15/h11-14,17H,2-10H2,1H3. The molecule has 1 nitrogen and oxygen atoms in total. The molecular formula is C16H26O. The highest BCUT2D eigenvalue weighted by molar-refractivity contribution is 5.08. The van der Waals surface area contributed by atoms with Crippen LogP contribution in [0.25, 0.3) is 0 Å². The third-order valence-electron chi connectivity index (χ3n) is 6.67. The second-order valence-corrected chi connectivity index (χ2v) is 8.13. The molecule has 5 aliphatic carbocycles. The van der Waals surface area contributed by atoms with Gasteiger partial charge in [0.15, 0.2) is 0 Å². The Morgan fingerprint density at radius 2 is 1.47 bits per heavy atom. The van der Waals surface area contributed by atoms with E-state index in [9.17, 15) is 5.11 Å². The molecular weight excluding hydrogens is 208 g/mol. The molecule has 1 atom stereocenters.